The number of hydrogen-bond acceptors (Lipinski definition) is 7. The average Bonchev–Trinajstić information content (AvgIpc) is 3.79. The van der Waals surface area contributed by atoms with Crippen molar-refractivity contribution in [3.63, 3.8) is 0 Å². The van der Waals surface area contributed by atoms with E-state index in [1.54, 1.807) is 54.2 Å². The number of rotatable bonds is 10. The summed E-state index contributed by atoms with van der Waals surface area (Å²) < 4.78 is 38.8. The average molecular weight is 701 g/mol. The van der Waals surface area contributed by atoms with E-state index < -0.39 is 11.7 Å². The Kier molecular flexibility index (Phi) is 12.5. The number of halogens is 3. The standard InChI is InChI=1S/C31H31F3N6O2S.C7H8/c1-20-19-43-29(39-20)27-7-3-12-40(27)30(42)24-15-22(26-18-36-10-11-37-26)14-23(16-24)28(41)38-9-4-8-35-17-21-5-2-6-25(13-21)31(32,33)34;1-7-5-3-2-4-6-7/h2,5-6,10-11,13-16,18-19,27,35H,3-4,7-9,12,17H2,1H3,(H,38,41);2-6H,1H3. The monoisotopic (exact) mass is 700 g/mol. The normalized spacial score (nSPS) is 14.2. The summed E-state index contributed by atoms with van der Waals surface area (Å²) in [6, 6.07) is 20.4. The van der Waals surface area contributed by atoms with E-state index in [9.17, 15) is 22.8 Å². The maximum absolute atomic E-state index is 13.8. The summed E-state index contributed by atoms with van der Waals surface area (Å²) in [4.78, 5) is 41.9. The molecule has 3 aromatic carbocycles. The van der Waals surface area contributed by atoms with Gasteiger partial charge in [-0.05, 0) is 69.5 Å². The number of nitrogens with one attached hydrogen (secondary N) is 2. The zero-order chi connectivity index (χ0) is 35.5. The number of alkyl halides is 3. The summed E-state index contributed by atoms with van der Waals surface area (Å²) in [5, 5.41) is 8.88. The molecule has 6 rings (SSSR count). The second kappa shape index (κ2) is 17.1. The Morgan fingerprint density at radius 3 is 2.44 bits per heavy atom. The summed E-state index contributed by atoms with van der Waals surface area (Å²) in [6.07, 6.45) is 2.56. The molecule has 8 nitrogen and oxygen atoms in total. The third-order valence-corrected chi connectivity index (χ3v) is 9.14. The minimum atomic E-state index is -4.38. The van der Waals surface area contributed by atoms with Gasteiger partial charge in [0.25, 0.3) is 11.8 Å². The molecule has 12 heteroatoms. The van der Waals surface area contributed by atoms with Gasteiger partial charge in [0.05, 0.1) is 23.5 Å². The molecule has 1 aliphatic rings. The number of carbonyl (C=O) groups excluding carboxylic acids is 2. The molecule has 2 N–H and O–H groups in total. The van der Waals surface area contributed by atoms with Gasteiger partial charge in [0, 0.05) is 59.8 Å². The number of nitrogens with zero attached hydrogens (tertiary/aromatic N) is 4. The third kappa shape index (κ3) is 10.1. The Morgan fingerprint density at radius 2 is 1.76 bits per heavy atom. The molecular formula is C38H39F3N6O2S. The number of aryl methyl sites for hydroxylation is 2. The van der Waals surface area contributed by atoms with Gasteiger partial charge in [-0.2, -0.15) is 13.2 Å². The van der Waals surface area contributed by atoms with Gasteiger partial charge in [-0.1, -0.05) is 54.1 Å². The van der Waals surface area contributed by atoms with Crippen LogP contribution in [0.1, 0.15) is 73.4 Å². The predicted molar refractivity (Wildman–Crippen MR) is 189 cm³/mol. The largest absolute Gasteiger partial charge is 0.416 e. The molecule has 3 heterocycles. The van der Waals surface area contributed by atoms with Crippen molar-refractivity contribution >= 4 is 23.2 Å². The van der Waals surface area contributed by atoms with Gasteiger partial charge in [-0.25, -0.2) is 4.98 Å². The van der Waals surface area contributed by atoms with Crippen LogP contribution in [0, 0.1) is 13.8 Å². The second-order valence-electron chi connectivity index (χ2n) is 12.0. The van der Waals surface area contributed by atoms with Gasteiger partial charge in [-0.15, -0.1) is 11.3 Å². The lowest BCUT2D eigenvalue weighted by Crippen LogP contribution is -2.31. The van der Waals surface area contributed by atoms with Crippen LogP contribution in [0.4, 0.5) is 13.2 Å². The maximum Gasteiger partial charge on any atom is 0.416 e. The number of benzene rings is 3. The number of hydrogen-bond donors (Lipinski definition) is 2. The number of carbonyl (C=O) groups is 2. The van der Waals surface area contributed by atoms with Crippen LogP contribution in [-0.2, 0) is 12.7 Å². The summed E-state index contributed by atoms with van der Waals surface area (Å²) >= 11 is 1.55. The molecule has 260 valence electrons. The first-order valence-corrected chi connectivity index (χ1v) is 17.3. The SMILES string of the molecule is Cc1ccccc1.Cc1csc(C2CCCN2C(=O)c2cc(C(=O)NCCCNCc3cccc(C(F)(F)F)c3)cc(-c3cnccn3)c2)n1. The Hall–Kier alpha value is -4.94. The van der Waals surface area contributed by atoms with E-state index in [0.29, 0.717) is 54.0 Å². The molecule has 1 fully saturated rings. The molecule has 1 aliphatic heterocycles. The maximum atomic E-state index is 13.8. The van der Waals surface area contributed by atoms with Gasteiger partial charge < -0.3 is 15.5 Å². The highest BCUT2D eigenvalue weighted by Gasteiger charge is 2.33. The van der Waals surface area contributed by atoms with Crippen molar-refractivity contribution in [3.8, 4) is 11.3 Å². The second-order valence-corrected chi connectivity index (χ2v) is 12.9. The minimum Gasteiger partial charge on any atom is -0.352 e. The summed E-state index contributed by atoms with van der Waals surface area (Å²) in [6.45, 7) is 5.73. The van der Waals surface area contributed by atoms with Crippen LogP contribution in [-0.4, -0.2) is 51.3 Å². The van der Waals surface area contributed by atoms with Gasteiger partial charge in [0.2, 0.25) is 0 Å². The van der Waals surface area contributed by atoms with Crippen LogP contribution in [0.2, 0.25) is 0 Å². The van der Waals surface area contributed by atoms with Crippen molar-refractivity contribution in [1.82, 2.24) is 30.5 Å². The molecule has 1 unspecified atom stereocenters. The van der Waals surface area contributed by atoms with Crippen LogP contribution >= 0.6 is 11.3 Å². The first-order chi connectivity index (χ1) is 24.1. The van der Waals surface area contributed by atoms with Crippen LogP contribution in [0.15, 0.2) is 96.8 Å². The number of likely N-dealkylation sites (tertiary alicyclic amines) is 1. The highest BCUT2D eigenvalue weighted by atomic mass is 32.1. The number of aromatic nitrogens is 3. The minimum absolute atomic E-state index is 0.105. The Labute approximate surface area is 293 Å². The number of thiazole rings is 1. The predicted octanol–water partition coefficient (Wildman–Crippen LogP) is 7.81. The highest BCUT2D eigenvalue weighted by molar-refractivity contribution is 7.09. The highest BCUT2D eigenvalue weighted by Crippen LogP contribution is 2.35. The van der Waals surface area contributed by atoms with E-state index in [0.717, 1.165) is 35.7 Å². The molecular weight excluding hydrogens is 662 g/mol. The van der Waals surface area contributed by atoms with Crippen molar-refractivity contribution < 1.29 is 22.8 Å². The van der Waals surface area contributed by atoms with Crippen molar-refractivity contribution in [2.24, 2.45) is 0 Å². The van der Waals surface area contributed by atoms with Crippen LogP contribution in [0.3, 0.4) is 0 Å². The first-order valence-electron chi connectivity index (χ1n) is 16.4. The van der Waals surface area contributed by atoms with Crippen molar-refractivity contribution in [2.75, 3.05) is 19.6 Å². The topological polar surface area (TPSA) is 100 Å². The molecule has 5 aromatic rings. The van der Waals surface area contributed by atoms with Crippen molar-refractivity contribution in [3.05, 3.63) is 135 Å². The molecule has 0 radical (unpaired) electrons. The molecule has 0 spiro atoms. The fourth-order valence-electron chi connectivity index (χ4n) is 5.58. The van der Waals surface area contributed by atoms with E-state index in [1.807, 2.05) is 35.4 Å². The zero-order valence-corrected chi connectivity index (χ0v) is 28.7. The van der Waals surface area contributed by atoms with E-state index >= 15 is 0 Å². The van der Waals surface area contributed by atoms with Gasteiger partial charge in [-0.3, -0.25) is 19.6 Å². The van der Waals surface area contributed by atoms with Gasteiger partial charge >= 0.3 is 6.18 Å². The summed E-state index contributed by atoms with van der Waals surface area (Å²) in [5.74, 6) is -0.514. The first kappa shape index (κ1) is 36.3. The quantitative estimate of drug-likeness (QED) is 0.144. The van der Waals surface area contributed by atoms with Crippen LogP contribution in [0.5, 0.6) is 0 Å². The molecule has 0 saturated carbocycles. The van der Waals surface area contributed by atoms with E-state index in [-0.39, 0.29) is 24.4 Å². The lowest BCUT2D eigenvalue weighted by molar-refractivity contribution is -0.137. The summed E-state index contributed by atoms with van der Waals surface area (Å²) in [7, 11) is 0. The molecule has 1 saturated heterocycles. The summed E-state index contributed by atoms with van der Waals surface area (Å²) in [5.41, 5.74) is 3.95. The molecule has 2 amide bonds. The molecule has 2 aromatic heterocycles. The molecule has 0 bridgehead atoms. The lowest BCUT2D eigenvalue weighted by atomic mass is 10.0. The molecule has 0 aliphatic carbocycles. The van der Waals surface area contributed by atoms with E-state index in [2.05, 4.69) is 44.6 Å². The Bertz CT molecular complexity index is 1870. The number of amides is 2. The zero-order valence-electron chi connectivity index (χ0n) is 27.9. The van der Waals surface area contributed by atoms with E-state index in [4.69, 9.17) is 0 Å². The van der Waals surface area contributed by atoms with Crippen LogP contribution < -0.4 is 10.6 Å². The Morgan fingerprint density at radius 1 is 0.960 bits per heavy atom. The third-order valence-electron chi connectivity index (χ3n) is 8.08. The smallest absolute Gasteiger partial charge is 0.352 e. The van der Waals surface area contributed by atoms with Crippen molar-refractivity contribution in [2.45, 2.75) is 51.9 Å². The molecule has 50 heavy (non-hydrogen) atoms. The van der Waals surface area contributed by atoms with E-state index in [1.165, 1.54) is 11.6 Å². The van der Waals surface area contributed by atoms with Crippen LogP contribution in [0.25, 0.3) is 11.3 Å². The Balaban J connectivity index is 0.000000619. The van der Waals surface area contributed by atoms with Gasteiger partial charge in [0.1, 0.15) is 5.01 Å². The molecule has 1 atom stereocenters. The fraction of sp³-hybridized carbons (Fsp3) is 0.289. The van der Waals surface area contributed by atoms with Gasteiger partial charge in [0.15, 0.2) is 0 Å². The van der Waals surface area contributed by atoms with Crippen molar-refractivity contribution in [1.29, 1.82) is 0 Å². The fourth-order valence-corrected chi connectivity index (χ4v) is 6.52. The lowest BCUT2D eigenvalue weighted by Gasteiger charge is -2.23.